The summed E-state index contributed by atoms with van der Waals surface area (Å²) < 4.78 is 5.08. The van der Waals surface area contributed by atoms with Crippen LogP contribution in [0.25, 0.3) is 0 Å². The molecule has 2 atom stereocenters. The fraction of sp³-hybridized carbons (Fsp3) is 0.615. The van der Waals surface area contributed by atoms with Crippen LogP contribution in [0.3, 0.4) is 0 Å². The molecule has 5 heteroatoms. The Morgan fingerprint density at radius 2 is 2.11 bits per heavy atom. The highest BCUT2D eigenvalue weighted by Crippen LogP contribution is 2.25. The second-order valence-electron chi connectivity index (χ2n) is 4.71. The quantitative estimate of drug-likeness (QED) is 0.788. The standard InChI is InChI=1S/C13H22N2OS2/c1-9(2)12(11-6-5-7-18-11)15-13(17)14-10(3)8-16-4/h5-7,9-10,12H,8H2,1-4H3,(H2,14,15,17). The number of nitrogens with one attached hydrogen (secondary N) is 2. The highest BCUT2D eigenvalue weighted by Gasteiger charge is 2.18. The predicted octanol–water partition coefficient (Wildman–Crippen LogP) is 2.94. The summed E-state index contributed by atoms with van der Waals surface area (Å²) >= 11 is 7.10. The first-order chi connectivity index (χ1) is 8.54. The van der Waals surface area contributed by atoms with Crippen molar-refractivity contribution in [3.63, 3.8) is 0 Å². The molecule has 18 heavy (non-hydrogen) atoms. The lowest BCUT2D eigenvalue weighted by molar-refractivity contribution is 0.179. The van der Waals surface area contributed by atoms with Crippen molar-refractivity contribution >= 4 is 28.7 Å². The van der Waals surface area contributed by atoms with Gasteiger partial charge in [-0.2, -0.15) is 0 Å². The molecule has 1 rings (SSSR count). The fourth-order valence-electron chi connectivity index (χ4n) is 1.73. The van der Waals surface area contributed by atoms with Crippen molar-refractivity contribution in [1.29, 1.82) is 0 Å². The SMILES string of the molecule is COCC(C)NC(=S)NC(c1cccs1)C(C)C. The molecule has 0 aromatic carbocycles. The summed E-state index contributed by atoms with van der Waals surface area (Å²) in [5.41, 5.74) is 0. The fourth-order valence-corrected chi connectivity index (χ4v) is 3.01. The zero-order valence-electron chi connectivity index (χ0n) is 11.4. The normalized spacial score (nSPS) is 14.3. The molecule has 102 valence electrons. The van der Waals surface area contributed by atoms with Crippen molar-refractivity contribution in [2.75, 3.05) is 13.7 Å². The Bertz CT molecular complexity index is 352. The van der Waals surface area contributed by atoms with Gasteiger partial charge in [0.15, 0.2) is 5.11 Å². The lowest BCUT2D eigenvalue weighted by Crippen LogP contribution is -2.44. The van der Waals surface area contributed by atoms with Crippen LogP contribution in [-0.4, -0.2) is 24.9 Å². The Morgan fingerprint density at radius 3 is 2.61 bits per heavy atom. The van der Waals surface area contributed by atoms with E-state index in [1.807, 2.05) is 6.92 Å². The average molecular weight is 286 g/mol. The number of hydrogen-bond donors (Lipinski definition) is 2. The van der Waals surface area contributed by atoms with Gasteiger partial charge in [-0.3, -0.25) is 0 Å². The monoisotopic (exact) mass is 286 g/mol. The lowest BCUT2D eigenvalue weighted by atomic mass is 10.0. The molecule has 0 saturated carbocycles. The first-order valence-corrected chi connectivity index (χ1v) is 7.42. The molecule has 0 aliphatic rings. The highest BCUT2D eigenvalue weighted by atomic mass is 32.1. The maximum atomic E-state index is 5.34. The summed E-state index contributed by atoms with van der Waals surface area (Å²) in [7, 11) is 1.69. The maximum Gasteiger partial charge on any atom is 0.167 e. The van der Waals surface area contributed by atoms with Crippen LogP contribution >= 0.6 is 23.6 Å². The lowest BCUT2D eigenvalue weighted by Gasteiger charge is -2.25. The van der Waals surface area contributed by atoms with Gasteiger partial charge in [0.05, 0.1) is 12.6 Å². The number of rotatable bonds is 6. The Hall–Kier alpha value is -0.650. The second-order valence-corrected chi connectivity index (χ2v) is 6.10. The first-order valence-electron chi connectivity index (χ1n) is 6.14. The summed E-state index contributed by atoms with van der Waals surface area (Å²) in [6.07, 6.45) is 0. The van der Waals surface area contributed by atoms with Crippen molar-refractivity contribution in [1.82, 2.24) is 10.6 Å². The molecule has 0 saturated heterocycles. The van der Waals surface area contributed by atoms with Crippen LogP contribution in [0.1, 0.15) is 31.7 Å². The molecule has 2 N–H and O–H groups in total. The minimum absolute atomic E-state index is 0.214. The molecule has 0 spiro atoms. The van der Waals surface area contributed by atoms with Crippen LogP contribution in [0.2, 0.25) is 0 Å². The summed E-state index contributed by atoms with van der Waals surface area (Å²) in [4.78, 5) is 1.31. The van der Waals surface area contributed by atoms with E-state index in [-0.39, 0.29) is 12.1 Å². The van der Waals surface area contributed by atoms with Gasteiger partial charge in [0.2, 0.25) is 0 Å². The molecule has 1 aromatic heterocycles. The third-order valence-electron chi connectivity index (χ3n) is 2.60. The van der Waals surface area contributed by atoms with Crippen molar-refractivity contribution in [2.45, 2.75) is 32.9 Å². The summed E-state index contributed by atoms with van der Waals surface area (Å²) in [6.45, 7) is 7.08. The molecule has 0 fully saturated rings. The van der Waals surface area contributed by atoms with Gasteiger partial charge in [0, 0.05) is 18.0 Å². The molecule has 0 bridgehead atoms. The average Bonchev–Trinajstić information content (AvgIpc) is 2.78. The van der Waals surface area contributed by atoms with Crippen LogP contribution in [0, 0.1) is 5.92 Å². The second kappa shape index (κ2) is 7.71. The zero-order valence-corrected chi connectivity index (χ0v) is 13.0. The Kier molecular flexibility index (Phi) is 6.60. The van der Waals surface area contributed by atoms with Crippen LogP contribution in [0.5, 0.6) is 0 Å². The molecule has 0 radical (unpaired) electrons. The van der Waals surface area contributed by atoms with E-state index >= 15 is 0 Å². The number of ether oxygens (including phenoxy) is 1. The number of thiophene rings is 1. The van der Waals surface area contributed by atoms with Gasteiger partial charge in [-0.15, -0.1) is 11.3 Å². The van der Waals surface area contributed by atoms with Gasteiger partial charge in [0.25, 0.3) is 0 Å². The van der Waals surface area contributed by atoms with E-state index in [4.69, 9.17) is 17.0 Å². The molecule has 1 heterocycles. The Balaban J connectivity index is 2.54. The molecule has 0 aliphatic heterocycles. The highest BCUT2D eigenvalue weighted by molar-refractivity contribution is 7.80. The predicted molar refractivity (Wildman–Crippen MR) is 82.1 cm³/mol. The van der Waals surface area contributed by atoms with Gasteiger partial charge >= 0.3 is 0 Å². The minimum Gasteiger partial charge on any atom is -0.383 e. The van der Waals surface area contributed by atoms with Crippen LogP contribution in [0.15, 0.2) is 17.5 Å². The Labute approximate surface area is 119 Å². The van der Waals surface area contributed by atoms with Crippen molar-refractivity contribution < 1.29 is 4.74 Å². The van der Waals surface area contributed by atoms with E-state index in [1.54, 1.807) is 18.4 Å². The summed E-state index contributed by atoms with van der Waals surface area (Å²) in [5, 5.41) is 9.39. The van der Waals surface area contributed by atoms with Gasteiger partial charge in [-0.25, -0.2) is 0 Å². The molecule has 1 aromatic rings. The molecule has 3 nitrogen and oxygen atoms in total. The van der Waals surface area contributed by atoms with Crippen LogP contribution in [-0.2, 0) is 4.74 Å². The van der Waals surface area contributed by atoms with Crippen LogP contribution in [0.4, 0.5) is 0 Å². The van der Waals surface area contributed by atoms with E-state index < -0.39 is 0 Å². The minimum atomic E-state index is 0.214. The largest absolute Gasteiger partial charge is 0.383 e. The maximum absolute atomic E-state index is 5.34. The Morgan fingerprint density at radius 1 is 1.39 bits per heavy atom. The van der Waals surface area contributed by atoms with Gasteiger partial charge in [0.1, 0.15) is 0 Å². The van der Waals surface area contributed by atoms with Gasteiger partial charge in [-0.1, -0.05) is 19.9 Å². The van der Waals surface area contributed by atoms with Gasteiger partial charge in [-0.05, 0) is 36.5 Å². The van der Waals surface area contributed by atoms with E-state index in [0.717, 1.165) is 0 Å². The first kappa shape index (κ1) is 15.4. The third-order valence-corrected chi connectivity index (χ3v) is 3.79. The number of thiocarbonyl (C=S) groups is 1. The molecular formula is C13H22N2OS2. The molecule has 2 unspecified atom stereocenters. The molecular weight excluding hydrogens is 264 g/mol. The van der Waals surface area contributed by atoms with Crippen molar-refractivity contribution in [2.24, 2.45) is 5.92 Å². The van der Waals surface area contributed by atoms with E-state index in [1.165, 1.54) is 4.88 Å². The topological polar surface area (TPSA) is 33.3 Å². The van der Waals surface area contributed by atoms with E-state index in [9.17, 15) is 0 Å². The summed E-state index contributed by atoms with van der Waals surface area (Å²) in [5.74, 6) is 0.487. The zero-order chi connectivity index (χ0) is 13.5. The number of hydrogen-bond acceptors (Lipinski definition) is 3. The van der Waals surface area contributed by atoms with E-state index in [0.29, 0.717) is 17.6 Å². The third kappa shape index (κ3) is 4.92. The van der Waals surface area contributed by atoms with E-state index in [2.05, 4.69) is 42.0 Å². The van der Waals surface area contributed by atoms with Crippen molar-refractivity contribution in [3.8, 4) is 0 Å². The number of methoxy groups -OCH3 is 1. The smallest absolute Gasteiger partial charge is 0.167 e. The van der Waals surface area contributed by atoms with Crippen molar-refractivity contribution in [3.05, 3.63) is 22.4 Å². The molecule has 0 amide bonds. The van der Waals surface area contributed by atoms with Crippen LogP contribution < -0.4 is 10.6 Å². The summed E-state index contributed by atoms with van der Waals surface area (Å²) in [6, 6.07) is 4.69. The van der Waals surface area contributed by atoms with Gasteiger partial charge < -0.3 is 15.4 Å². The molecule has 0 aliphatic carbocycles.